The number of hydrogen-bond acceptors (Lipinski definition) is 2. The van der Waals surface area contributed by atoms with E-state index >= 15 is 0 Å². The van der Waals surface area contributed by atoms with Gasteiger partial charge in [0.1, 0.15) is 0 Å². The van der Waals surface area contributed by atoms with Crippen LogP contribution in [0.1, 0.15) is 32.8 Å². The molecule has 1 fully saturated rings. The molecule has 1 saturated heterocycles. The van der Waals surface area contributed by atoms with Crippen LogP contribution in [-0.2, 0) is 6.54 Å². The zero-order valence-corrected chi connectivity index (χ0v) is 13.7. The number of rotatable bonds is 3. The molecule has 1 aliphatic rings. The average molecular weight is 358 g/mol. The Morgan fingerprint density at radius 3 is 2.61 bits per heavy atom. The fourth-order valence-electron chi connectivity index (χ4n) is 2.45. The van der Waals surface area contributed by atoms with E-state index in [0.29, 0.717) is 6.04 Å². The highest BCUT2D eigenvalue weighted by molar-refractivity contribution is 14.1. The van der Waals surface area contributed by atoms with E-state index in [9.17, 15) is 0 Å². The molecule has 1 aromatic rings. The first-order valence-corrected chi connectivity index (χ1v) is 7.82. The van der Waals surface area contributed by atoms with Gasteiger partial charge in [0.15, 0.2) is 0 Å². The van der Waals surface area contributed by atoms with Gasteiger partial charge in [0.25, 0.3) is 0 Å². The monoisotopic (exact) mass is 358 g/mol. The second-order valence-electron chi connectivity index (χ2n) is 5.81. The highest BCUT2D eigenvalue weighted by Gasteiger charge is 2.32. The summed E-state index contributed by atoms with van der Waals surface area (Å²) in [5.41, 5.74) is 1.66. The van der Waals surface area contributed by atoms with Crippen molar-refractivity contribution in [3.63, 3.8) is 0 Å². The van der Waals surface area contributed by atoms with E-state index in [-0.39, 0.29) is 5.54 Å². The van der Waals surface area contributed by atoms with Crippen LogP contribution in [0.25, 0.3) is 0 Å². The fourth-order valence-corrected chi connectivity index (χ4v) is 2.81. The van der Waals surface area contributed by atoms with E-state index in [1.807, 2.05) is 0 Å². The first-order valence-electron chi connectivity index (χ1n) is 6.74. The summed E-state index contributed by atoms with van der Waals surface area (Å²) >= 11 is 2.36. The van der Waals surface area contributed by atoms with E-state index in [1.165, 1.54) is 15.6 Å². The Balaban J connectivity index is 2.07. The van der Waals surface area contributed by atoms with Crippen LogP contribution < -0.4 is 5.32 Å². The van der Waals surface area contributed by atoms with Gasteiger partial charge in [-0.3, -0.25) is 4.90 Å². The van der Waals surface area contributed by atoms with Gasteiger partial charge in [0.05, 0.1) is 0 Å². The molecule has 2 nitrogen and oxygen atoms in total. The predicted octanol–water partition coefficient (Wildman–Crippen LogP) is 3.25. The molecule has 2 rings (SSSR count). The van der Waals surface area contributed by atoms with Crippen LogP contribution in [0.15, 0.2) is 24.3 Å². The minimum Gasteiger partial charge on any atom is -0.311 e. The highest BCUT2D eigenvalue weighted by Crippen LogP contribution is 2.22. The molecule has 1 unspecified atom stereocenters. The Hall–Kier alpha value is -0.130. The molecule has 0 amide bonds. The minimum absolute atomic E-state index is 0.245. The van der Waals surface area contributed by atoms with Crippen molar-refractivity contribution in [3.8, 4) is 0 Å². The summed E-state index contributed by atoms with van der Waals surface area (Å²) in [5, 5.41) is 3.64. The van der Waals surface area contributed by atoms with Crippen molar-refractivity contribution in [1.29, 1.82) is 0 Å². The summed E-state index contributed by atoms with van der Waals surface area (Å²) in [6.07, 6.45) is 1.21. The lowest BCUT2D eigenvalue weighted by Gasteiger charge is -2.46. The third kappa shape index (κ3) is 3.45. The SMILES string of the molecule is CCC1CN(Cc2ccc(I)cc2)C(C)(C)CN1. The average Bonchev–Trinajstić information content (AvgIpc) is 2.34. The van der Waals surface area contributed by atoms with Crippen molar-refractivity contribution in [2.24, 2.45) is 0 Å². The number of piperazine rings is 1. The Morgan fingerprint density at radius 2 is 2.00 bits per heavy atom. The maximum absolute atomic E-state index is 3.64. The van der Waals surface area contributed by atoms with Gasteiger partial charge in [-0.05, 0) is 60.6 Å². The van der Waals surface area contributed by atoms with Crippen LogP contribution in [-0.4, -0.2) is 29.6 Å². The summed E-state index contributed by atoms with van der Waals surface area (Å²) in [4.78, 5) is 2.61. The van der Waals surface area contributed by atoms with Gasteiger partial charge in [0, 0.05) is 34.8 Å². The standard InChI is InChI=1S/C15H23IN2/c1-4-14-10-18(15(2,3)11-17-14)9-12-5-7-13(16)8-6-12/h5-8,14,17H,4,9-11H2,1-3H3. The molecule has 1 aromatic carbocycles. The third-order valence-electron chi connectivity index (χ3n) is 3.90. The van der Waals surface area contributed by atoms with Crippen molar-refractivity contribution in [1.82, 2.24) is 10.2 Å². The van der Waals surface area contributed by atoms with E-state index in [0.717, 1.165) is 19.6 Å². The Kier molecular flexibility index (Phi) is 4.67. The molecule has 1 heterocycles. The minimum atomic E-state index is 0.245. The molecule has 0 saturated carbocycles. The van der Waals surface area contributed by atoms with Crippen LogP contribution >= 0.6 is 22.6 Å². The molecule has 1 atom stereocenters. The lowest BCUT2D eigenvalue weighted by molar-refractivity contribution is 0.0577. The Morgan fingerprint density at radius 1 is 1.33 bits per heavy atom. The van der Waals surface area contributed by atoms with Crippen molar-refractivity contribution in [2.45, 2.75) is 45.3 Å². The topological polar surface area (TPSA) is 15.3 Å². The van der Waals surface area contributed by atoms with Gasteiger partial charge in [-0.25, -0.2) is 0 Å². The predicted molar refractivity (Wildman–Crippen MR) is 85.7 cm³/mol. The maximum Gasteiger partial charge on any atom is 0.0281 e. The lowest BCUT2D eigenvalue weighted by Crippen LogP contribution is -2.61. The maximum atomic E-state index is 3.64. The molecule has 0 aliphatic carbocycles. The summed E-state index contributed by atoms with van der Waals surface area (Å²) in [7, 11) is 0. The molecular formula is C15H23IN2. The number of hydrogen-bond donors (Lipinski definition) is 1. The van der Waals surface area contributed by atoms with Crippen LogP contribution in [0.5, 0.6) is 0 Å². The zero-order valence-electron chi connectivity index (χ0n) is 11.5. The molecule has 0 radical (unpaired) electrons. The largest absolute Gasteiger partial charge is 0.311 e. The van der Waals surface area contributed by atoms with E-state index in [2.05, 4.69) is 77.8 Å². The molecule has 1 aliphatic heterocycles. The first kappa shape index (κ1) is 14.3. The lowest BCUT2D eigenvalue weighted by atomic mass is 9.95. The van der Waals surface area contributed by atoms with Crippen molar-refractivity contribution in [3.05, 3.63) is 33.4 Å². The number of benzene rings is 1. The van der Waals surface area contributed by atoms with Crippen LogP contribution in [0.4, 0.5) is 0 Å². The van der Waals surface area contributed by atoms with Crippen LogP contribution in [0, 0.1) is 3.57 Å². The van der Waals surface area contributed by atoms with Crippen LogP contribution in [0.2, 0.25) is 0 Å². The summed E-state index contributed by atoms with van der Waals surface area (Å²) in [5.74, 6) is 0. The van der Waals surface area contributed by atoms with Crippen molar-refractivity contribution < 1.29 is 0 Å². The number of nitrogens with one attached hydrogen (secondary N) is 1. The summed E-state index contributed by atoms with van der Waals surface area (Å²) in [6, 6.07) is 9.54. The quantitative estimate of drug-likeness (QED) is 0.835. The second kappa shape index (κ2) is 5.88. The molecule has 1 N–H and O–H groups in total. The highest BCUT2D eigenvalue weighted by atomic mass is 127. The summed E-state index contributed by atoms with van der Waals surface area (Å²) in [6.45, 7) is 10.2. The van der Waals surface area contributed by atoms with Gasteiger partial charge in [0.2, 0.25) is 0 Å². The smallest absolute Gasteiger partial charge is 0.0281 e. The summed E-state index contributed by atoms with van der Waals surface area (Å²) < 4.78 is 1.31. The van der Waals surface area contributed by atoms with Gasteiger partial charge < -0.3 is 5.32 Å². The van der Waals surface area contributed by atoms with Gasteiger partial charge in [-0.1, -0.05) is 19.1 Å². The van der Waals surface area contributed by atoms with E-state index in [1.54, 1.807) is 0 Å². The molecule has 0 bridgehead atoms. The van der Waals surface area contributed by atoms with Gasteiger partial charge >= 0.3 is 0 Å². The normalized spacial score (nSPS) is 24.1. The van der Waals surface area contributed by atoms with Gasteiger partial charge in [-0.2, -0.15) is 0 Å². The Labute approximate surface area is 124 Å². The van der Waals surface area contributed by atoms with Crippen molar-refractivity contribution in [2.75, 3.05) is 13.1 Å². The molecular weight excluding hydrogens is 335 g/mol. The fraction of sp³-hybridized carbons (Fsp3) is 0.600. The van der Waals surface area contributed by atoms with Crippen molar-refractivity contribution >= 4 is 22.6 Å². The van der Waals surface area contributed by atoms with E-state index < -0.39 is 0 Å². The molecule has 0 aromatic heterocycles. The second-order valence-corrected chi connectivity index (χ2v) is 7.05. The van der Waals surface area contributed by atoms with Gasteiger partial charge in [-0.15, -0.1) is 0 Å². The molecule has 18 heavy (non-hydrogen) atoms. The molecule has 100 valence electrons. The Bertz CT molecular complexity index is 386. The van der Waals surface area contributed by atoms with Crippen LogP contribution in [0.3, 0.4) is 0 Å². The molecule has 0 spiro atoms. The number of halogens is 1. The number of nitrogens with zero attached hydrogens (tertiary/aromatic N) is 1. The van der Waals surface area contributed by atoms with E-state index in [4.69, 9.17) is 0 Å². The first-order chi connectivity index (χ1) is 8.51. The third-order valence-corrected chi connectivity index (χ3v) is 4.62. The molecule has 3 heteroatoms. The zero-order chi connectivity index (χ0) is 13.2.